The highest BCUT2D eigenvalue weighted by molar-refractivity contribution is 6.62. The molecule has 0 bridgehead atoms. The van der Waals surface area contributed by atoms with Crippen molar-refractivity contribution in [3.8, 4) is 0 Å². The van der Waals surface area contributed by atoms with Crippen LogP contribution >= 0.6 is 0 Å². The predicted molar refractivity (Wildman–Crippen MR) is 101 cm³/mol. The van der Waals surface area contributed by atoms with Crippen LogP contribution in [-0.4, -0.2) is 50.4 Å². The zero-order valence-corrected chi connectivity index (χ0v) is 16.0. The third-order valence-corrected chi connectivity index (χ3v) is 6.69. The van der Waals surface area contributed by atoms with E-state index in [-0.39, 0.29) is 12.1 Å². The van der Waals surface area contributed by atoms with Crippen molar-refractivity contribution in [3.05, 3.63) is 24.0 Å². The van der Waals surface area contributed by atoms with Gasteiger partial charge in [-0.15, -0.1) is 0 Å². The highest BCUT2D eigenvalue weighted by atomic mass is 16.7. The van der Waals surface area contributed by atoms with Crippen molar-refractivity contribution in [2.75, 3.05) is 0 Å². The number of carboxylic acid groups (broad SMARTS) is 1. The topological polar surface area (TPSA) is 87.7 Å². The summed E-state index contributed by atoms with van der Waals surface area (Å²) < 4.78 is 12.3. The molecule has 3 fully saturated rings. The molecule has 5 rings (SSSR count). The highest BCUT2D eigenvalue weighted by Crippen LogP contribution is 2.53. The summed E-state index contributed by atoms with van der Waals surface area (Å²) in [6.45, 7) is 8.13. The van der Waals surface area contributed by atoms with Gasteiger partial charge in [0.15, 0.2) is 0 Å². The lowest BCUT2D eigenvalue weighted by Crippen LogP contribution is -2.41. The maximum absolute atomic E-state index is 11.6. The molecule has 7 nitrogen and oxygen atoms in total. The van der Waals surface area contributed by atoms with Crippen LogP contribution in [0.25, 0.3) is 11.0 Å². The number of aromatic nitrogens is 2. The molecular weight excluding hydrogens is 345 g/mol. The molecule has 142 valence electrons. The third kappa shape index (κ3) is 2.50. The lowest BCUT2D eigenvalue weighted by Gasteiger charge is -2.32. The van der Waals surface area contributed by atoms with Crippen LogP contribution < -0.4 is 5.46 Å². The van der Waals surface area contributed by atoms with Crippen LogP contribution in [0.15, 0.2) is 18.2 Å². The Bertz CT molecular complexity index is 924. The Kier molecular flexibility index (Phi) is 3.33. The van der Waals surface area contributed by atoms with Gasteiger partial charge in [-0.2, -0.15) is 0 Å². The Morgan fingerprint density at radius 2 is 1.96 bits per heavy atom. The van der Waals surface area contributed by atoms with Crippen molar-refractivity contribution in [1.82, 2.24) is 14.9 Å². The Balaban J connectivity index is 1.45. The van der Waals surface area contributed by atoms with Crippen LogP contribution in [-0.2, 0) is 9.31 Å². The van der Waals surface area contributed by atoms with Gasteiger partial charge in [0.25, 0.3) is 0 Å². The molecule has 1 aliphatic carbocycles. The van der Waals surface area contributed by atoms with Crippen molar-refractivity contribution in [2.45, 2.75) is 63.8 Å². The SMILES string of the molecule is CC1(C)OB(c2ccc3nc(C4CC5CC5N4C(=O)O)[nH]c3c2)OC1(C)C. The summed E-state index contributed by atoms with van der Waals surface area (Å²) in [6, 6.07) is 5.89. The number of piperidine rings is 1. The molecule has 3 atom stereocenters. The van der Waals surface area contributed by atoms with E-state index in [2.05, 4.69) is 9.97 Å². The minimum absolute atomic E-state index is 0.168. The number of imidazole rings is 1. The second-order valence-corrected chi connectivity index (χ2v) is 8.99. The van der Waals surface area contributed by atoms with Gasteiger partial charge in [0, 0.05) is 6.04 Å². The van der Waals surface area contributed by atoms with Crippen molar-refractivity contribution in [3.63, 3.8) is 0 Å². The zero-order chi connectivity index (χ0) is 19.1. The van der Waals surface area contributed by atoms with Gasteiger partial charge in [-0.05, 0) is 64.1 Å². The van der Waals surface area contributed by atoms with Gasteiger partial charge in [-0.25, -0.2) is 9.78 Å². The molecule has 2 saturated heterocycles. The van der Waals surface area contributed by atoms with E-state index in [1.165, 1.54) is 0 Å². The van der Waals surface area contributed by atoms with Gasteiger partial charge in [-0.1, -0.05) is 6.07 Å². The van der Waals surface area contributed by atoms with E-state index < -0.39 is 24.4 Å². The molecular formula is C19H24BN3O4. The smallest absolute Gasteiger partial charge is 0.465 e. The first kappa shape index (κ1) is 17.1. The molecule has 3 unspecified atom stereocenters. The number of H-pyrrole nitrogens is 1. The Morgan fingerprint density at radius 3 is 2.63 bits per heavy atom. The molecule has 27 heavy (non-hydrogen) atoms. The number of fused-ring (bicyclic) bond motifs is 2. The van der Waals surface area contributed by atoms with E-state index >= 15 is 0 Å². The largest absolute Gasteiger partial charge is 0.494 e. The quantitative estimate of drug-likeness (QED) is 0.795. The third-order valence-electron chi connectivity index (χ3n) is 6.69. The van der Waals surface area contributed by atoms with Crippen LogP contribution in [0.5, 0.6) is 0 Å². The average molecular weight is 369 g/mol. The zero-order valence-electron chi connectivity index (χ0n) is 16.0. The molecule has 0 radical (unpaired) electrons. The maximum atomic E-state index is 11.6. The number of carbonyl (C=O) groups is 1. The lowest BCUT2D eigenvalue weighted by molar-refractivity contribution is 0.00578. The summed E-state index contributed by atoms with van der Waals surface area (Å²) in [5.41, 5.74) is 1.86. The molecule has 2 N–H and O–H groups in total. The van der Waals surface area contributed by atoms with Gasteiger partial charge in [0.1, 0.15) is 5.82 Å². The number of aromatic amines is 1. The molecule has 8 heteroatoms. The van der Waals surface area contributed by atoms with E-state index in [1.807, 2.05) is 45.9 Å². The first-order valence-electron chi connectivity index (χ1n) is 9.53. The van der Waals surface area contributed by atoms with Gasteiger partial charge in [0.05, 0.1) is 28.3 Å². The lowest BCUT2D eigenvalue weighted by atomic mass is 9.79. The molecule has 3 heterocycles. The van der Waals surface area contributed by atoms with Crippen LogP contribution in [0.2, 0.25) is 0 Å². The minimum Gasteiger partial charge on any atom is -0.465 e. The van der Waals surface area contributed by atoms with Crippen LogP contribution in [0.3, 0.4) is 0 Å². The second kappa shape index (κ2) is 5.26. The number of amides is 1. The van der Waals surface area contributed by atoms with Crippen molar-refractivity contribution >= 4 is 29.7 Å². The Labute approximate surface area is 158 Å². The molecule has 1 aromatic heterocycles. The highest BCUT2D eigenvalue weighted by Gasteiger charge is 2.55. The van der Waals surface area contributed by atoms with E-state index in [1.54, 1.807) is 4.90 Å². The molecule has 1 saturated carbocycles. The Hall–Kier alpha value is -2.06. The van der Waals surface area contributed by atoms with Gasteiger partial charge >= 0.3 is 13.2 Å². The fourth-order valence-corrected chi connectivity index (χ4v) is 4.31. The molecule has 1 aromatic carbocycles. The summed E-state index contributed by atoms with van der Waals surface area (Å²) >= 11 is 0. The summed E-state index contributed by atoms with van der Waals surface area (Å²) in [6.07, 6.45) is 0.971. The molecule has 2 aliphatic heterocycles. The minimum atomic E-state index is -0.858. The van der Waals surface area contributed by atoms with E-state index in [0.717, 1.165) is 35.2 Å². The second-order valence-electron chi connectivity index (χ2n) is 8.99. The van der Waals surface area contributed by atoms with Gasteiger partial charge in [0.2, 0.25) is 0 Å². The number of nitrogens with zero attached hydrogens (tertiary/aromatic N) is 2. The number of likely N-dealkylation sites (tertiary alicyclic amines) is 1. The number of nitrogens with one attached hydrogen (secondary N) is 1. The summed E-state index contributed by atoms with van der Waals surface area (Å²) in [5.74, 6) is 1.21. The molecule has 3 aliphatic rings. The van der Waals surface area contributed by atoms with Crippen molar-refractivity contribution in [2.24, 2.45) is 5.92 Å². The fourth-order valence-electron chi connectivity index (χ4n) is 4.31. The van der Waals surface area contributed by atoms with Crippen molar-refractivity contribution < 1.29 is 19.2 Å². The van der Waals surface area contributed by atoms with E-state index in [4.69, 9.17) is 9.31 Å². The number of rotatable bonds is 2. The Morgan fingerprint density at radius 1 is 1.26 bits per heavy atom. The summed E-state index contributed by atoms with van der Waals surface area (Å²) in [4.78, 5) is 21.2. The van der Waals surface area contributed by atoms with Gasteiger partial charge in [-0.3, -0.25) is 4.90 Å². The van der Waals surface area contributed by atoms with E-state index in [9.17, 15) is 9.90 Å². The maximum Gasteiger partial charge on any atom is 0.494 e. The molecule has 0 spiro atoms. The fraction of sp³-hybridized carbons (Fsp3) is 0.579. The van der Waals surface area contributed by atoms with Crippen LogP contribution in [0, 0.1) is 5.92 Å². The number of benzene rings is 1. The van der Waals surface area contributed by atoms with Gasteiger partial charge < -0.3 is 19.4 Å². The average Bonchev–Trinajstić information content (AvgIpc) is 2.97. The summed E-state index contributed by atoms with van der Waals surface area (Å²) in [7, 11) is -0.430. The number of hydrogen-bond donors (Lipinski definition) is 2. The van der Waals surface area contributed by atoms with E-state index in [0.29, 0.717) is 5.92 Å². The van der Waals surface area contributed by atoms with Crippen molar-refractivity contribution in [1.29, 1.82) is 0 Å². The standard InChI is InChI=1S/C19H24BN3O4/c1-18(2)19(3,4)27-20(26-18)11-5-6-12-13(9-11)22-16(21-12)15-8-10-7-14(10)23(15)17(24)25/h5-6,9-10,14-15H,7-8H2,1-4H3,(H,21,22)(H,24,25). The first-order chi connectivity index (χ1) is 12.7. The summed E-state index contributed by atoms with van der Waals surface area (Å²) in [5, 5.41) is 9.55. The monoisotopic (exact) mass is 369 g/mol. The normalized spacial score (nSPS) is 30.7. The van der Waals surface area contributed by atoms with Crippen LogP contribution in [0.4, 0.5) is 4.79 Å². The molecule has 2 aromatic rings. The number of hydrogen-bond acceptors (Lipinski definition) is 4. The van der Waals surface area contributed by atoms with Crippen LogP contribution in [0.1, 0.15) is 52.4 Å². The predicted octanol–water partition coefficient (Wildman–Crippen LogP) is 2.68. The first-order valence-corrected chi connectivity index (χ1v) is 9.53. The molecule has 1 amide bonds.